The molecular formula is C16H11BrFNO. The van der Waals surface area contributed by atoms with E-state index in [-0.39, 0.29) is 11.6 Å². The Labute approximate surface area is 125 Å². The molecular weight excluding hydrogens is 321 g/mol. The summed E-state index contributed by atoms with van der Waals surface area (Å²) in [5.41, 5.74) is 1.37. The first kappa shape index (κ1) is 14.4. The summed E-state index contributed by atoms with van der Waals surface area (Å²) in [5.74, 6) is -1.57. The molecule has 100 valence electrons. The molecule has 4 heteroatoms. The number of halogens is 2. The van der Waals surface area contributed by atoms with Crippen molar-refractivity contribution in [1.82, 2.24) is 0 Å². The van der Waals surface area contributed by atoms with Crippen molar-refractivity contribution in [2.45, 2.75) is 12.8 Å². The van der Waals surface area contributed by atoms with E-state index < -0.39 is 5.92 Å². The molecule has 0 aromatic heterocycles. The third-order valence-corrected chi connectivity index (χ3v) is 3.57. The Balaban J connectivity index is 2.36. The summed E-state index contributed by atoms with van der Waals surface area (Å²) in [7, 11) is 0. The van der Waals surface area contributed by atoms with Gasteiger partial charge in [0.2, 0.25) is 0 Å². The number of ketones is 1. The molecule has 2 aromatic carbocycles. The van der Waals surface area contributed by atoms with Crippen LogP contribution in [0.25, 0.3) is 0 Å². The zero-order valence-electron chi connectivity index (χ0n) is 10.7. The number of carbonyl (C=O) groups is 1. The van der Waals surface area contributed by atoms with Crippen LogP contribution in [0.2, 0.25) is 0 Å². The Morgan fingerprint density at radius 2 is 1.90 bits per heavy atom. The van der Waals surface area contributed by atoms with Crippen molar-refractivity contribution in [3.8, 4) is 6.07 Å². The lowest BCUT2D eigenvalue weighted by molar-refractivity contribution is 0.0978. The van der Waals surface area contributed by atoms with E-state index in [1.54, 1.807) is 31.2 Å². The smallest absolute Gasteiger partial charge is 0.184 e. The highest BCUT2D eigenvalue weighted by Crippen LogP contribution is 2.23. The first-order valence-corrected chi connectivity index (χ1v) is 6.77. The molecule has 2 rings (SSSR count). The van der Waals surface area contributed by atoms with E-state index in [0.29, 0.717) is 16.7 Å². The molecule has 2 aromatic rings. The zero-order chi connectivity index (χ0) is 14.7. The van der Waals surface area contributed by atoms with E-state index in [1.807, 2.05) is 6.07 Å². The lowest BCUT2D eigenvalue weighted by atomic mass is 9.91. The van der Waals surface area contributed by atoms with Crippen LogP contribution in [0.5, 0.6) is 0 Å². The van der Waals surface area contributed by atoms with Crippen LogP contribution in [0, 0.1) is 24.1 Å². The highest BCUT2D eigenvalue weighted by molar-refractivity contribution is 9.10. The van der Waals surface area contributed by atoms with Gasteiger partial charge in [0.05, 0.1) is 6.07 Å². The molecule has 0 aliphatic rings. The first-order chi connectivity index (χ1) is 9.52. The van der Waals surface area contributed by atoms with Gasteiger partial charge in [0.1, 0.15) is 11.7 Å². The van der Waals surface area contributed by atoms with Crippen LogP contribution in [0.15, 0.2) is 46.9 Å². The maximum absolute atomic E-state index is 13.2. The number of rotatable bonds is 3. The predicted octanol–water partition coefficient (Wildman–Crippen LogP) is 4.39. The molecule has 0 saturated carbocycles. The van der Waals surface area contributed by atoms with Crippen molar-refractivity contribution in [1.29, 1.82) is 5.26 Å². The summed E-state index contributed by atoms with van der Waals surface area (Å²) < 4.78 is 14.1. The summed E-state index contributed by atoms with van der Waals surface area (Å²) in [4.78, 5) is 12.4. The lowest BCUT2D eigenvalue weighted by Gasteiger charge is -2.09. The minimum Gasteiger partial charge on any atom is -0.292 e. The lowest BCUT2D eigenvalue weighted by Crippen LogP contribution is -2.11. The normalized spacial score (nSPS) is 11.7. The van der Waals surface area contributed by atoms with Crippen molar-refractivity contribution >= 4 is 21.7 Å². The van der Waals surface area contributed by atoms with Crippen molar-refractivity contribution < 1.29 is 9.18 Å². The molecule has 0 aliphatic carbocycles. The summed E-state index contributed by atoms with van der Waals surface area (Å²) in [6.07, 6.45) is 0. The summed E-state index contributed by atoms with van der Waals surface area (Å²) in [6, 6.07) is 13.2. The molecule has 1 unspecified atom stereocenters. The van der Waals surface area contributed by atoms with Gasteiger partial charge >= 0.3 is 0 Å². The third-order valence-electron chi connectivity index (χ3n) is 3.04. The van der Waals surface area contributed by atoms with Gasteiger partial charge in [-0.25, -0.2) is 4.39 Å². The Morgan fingerprint density at radius 1 is 1.25 bits per heavy atom. The molecule has 20 heavy (non-hydrogen) atoms. The van der Waals surface area contributed by atoms with Crippen LogP contribution < -0.4 is 0 Å². The third kappa shape index (κ3) is 2.94. The average molecular weight is 332 g/mol. The summed E-state index contributed by atoms with van der Waals surface area (Å²) in [6.45, 7) is 1.59. The molecule has 1 atom stereocenters. The largest absolute Gasteiger partial charge is 0.292 e. The number of hydrogen-bond acceptors (Lipinski definition) is 2. The van der Waals surface area contributed by atoms with E-state index in [0.717, 1.165) is 4.47 Å². The van der Waals surface area contributed by atoms with Crippen molar-refractivity contribution in [2.24, 2.45) is 0 Å². The van der Waals surface area contributed by atoms with E-state index in [9.17, 15) is 14.4 Å². The molecule has 0 N–H and O–H groups in total. The summed E-state index contributed by atoms with van der Waals surface area (Å²) >= 11 is 3.31. The van der Waals surface area contributed by atoms with Gasteiger partial charge in [-0.3, -0.25) is 4.79 Å². The van der Waals surface area contributed by atoms with Crippen LogP contribution in [0.4, 0.5) is 4.39 Å². The minimum atomic E-state index is -0.882. The molecule has 0 radical (unpaired) electrons. The molecule has 0 saturated heterocycles. The number of hydrogen-bond donors (Lipinski definition) is 0. The fraction of sp³-hybridized carbons (Fsp3) is 0.125. The van der Waals surface area contributed by atoms with Gasteiger partial charge in [-0.15, -0.1) is 0 Å². The van der Waals surface area contributed by atoms with E-state index in [4.69, 9.17) is 0 Å². The van der Waals surface area contributed by atoms with Gasteiger partial charge < -0.3 is 0 Å². The van der Waals surface area contributed by atoms with Gasteiger partial charge in [-0.05, 0) is 48.4 Å². The second-order valence-corrected chi connectivity index (χ2v) is 5.36. The van der Waals surface area contributed by atoms with Gasteiger partial charge in [-0.1, -0.05) is 28.1 Å². The number of Topliss-reactive ketones (excluding diaryl/α,β-unsaturated/α-hetero) is 1. The highest BCUT2D eigenvalue weighted by atomic mass is 79.9. The van der Waals surface area contributed by atoms with Crippen molar-refractivity contribution in [3.63, 3.8) is 0 Å². The predicted molar refractivity (Wildman–Crippen MR) is 78.0 cm³/mol. The highest BCUT2D eigenvalue weighted by Gasteiger charge is 2.22. The molecule has 0 bridgehead atoms. The number of nitriles is 1. The Kier molecular flexibility index (Phi) is 4.31. The maximum atomic E-state index is 13.2. The van der Waals surface area contributed by atoms with E-state index in [2.05, 4.69) is 15.9 Å². The number of carbonyl (C=O) groups excluding carboxylic acids is 1. The van der Waals surface area contributed by atoms with Crippen molar-refractivity contribution in [3.05, 3.63) is 69.4 Å². The number of aryl methyl sites for hydroxylation is 1. The van der Waals surface area contributed by atoms with Crippen LogP contribution in [-0.4, -0.2) is 5.78 Å². The summed E-state index contributed by atoms with van der Waals surface area (Å²) in [5, 5.41) is 9.25. The monoisotopic (exact) mass is 331 g/mol. The van der Waals surface area contributed by atoms with Crippen LogP contribution in [0.3, 0.4) is 0 Å². The topological polar surface area (TPSA) is 40.9 Å². The quantitative estimate of drug-likeness (QED) is 0.783. The second-order valence-electron chi connectivity index (χ2n) is 4.44. The molecule has 0 fully saturated rings. The van der Waals surface area contributed by atoms with Crippen molar-refractivity contribution in [2.75, 3.05) is 0 Å². The second kappa shape index (κ2) is 5.98. The Hall–Kier alpha value is -1.99. The standard InChI is InChI=1S/C16H11BrFNO/c1-10-8-12(4-7-15(10)18)16(20)14(9-19)11-2-5-13(17)6-3-11/h2-8,14H,1H3. The minimum absolute atomic E-state index is 0.321. The molecule has 2 nitrogen and oxygen atoms in total. The fourth-order valence-electron chi connectivity index (χ4n) is 1.90. The maximum Gasteiger partial charge on any atom is 0.184 e. The zero-order valence-corrected chi connectivity index (χ0v) is 12.3. The Morgan fingerprint density at radius 3 is 2.45 bits per heavy atom. The average Bonchev–Trinajstić information content (AvgIpc) is 2.44. The van der Waals surface area contributed by atoms with Crippen LogP contribution in [0.1, 0.15) is 27.4 Å². The van der Waals surface area contributed by atoms with E-state index >= 15 is 0 Å². The number of benzene rings is 2. The van der Waals surface area contributed by atoms with Crippen LogP contribution in [-0.2, 0) is 0 Å². The SMILES string of the molecule is Cc1cc(C(=O)C(C#N)c2ccc(Br)cc2)ccc1F. The molecule has 0 heterocycles. The van der Waals surface area contributed by atoms with Gasteiger partial charge in [0, 0.05) is 10.0 Å². The van der Waals surface area contributed by atoms with Gasteiger partial charge in [0.25, 0.3) is 0 Å². The van der Waals surface area contributed by atoms with Gasteiger partial charge in [0.15, 0.2) is 5.78 Å². The molecule has 0 amide bonds. The molecule has 0 spiro atoms. The first-order valence-electron chi connectivity index (χ1n) is 5.98. The van der Waals surface area contributed by atoms with E-state index in [1.165, 1.54) is 18.2 Å². The Bertz CT molecular complexity index is 689. The number of nitrogens with zero attached hydrogens (tertiary/aromatic N) is 1. The van der Waals surface area contributed by atoms with Gasteiger partial charge in [-0.2, -0.15) is 5.26 Å². The van der Waals surface area contributed by atoms with Crippen LogP contribution >= 0.6 is 15.9 Å². The fourth-order valence-corrected chi connectivity index (χ4v) is 2.17. The molecule has 0 aliphatic heterocycles.